The second-order valence-corrected chi connectivity index (χ2v) is 7.22. The molecule has 0 atom stereocenters. The molecule has 0 amide bonds. The fourth-order valence-electron chi connectivity index (χ4n) is 3.29. The first-order valence-corrected chi connectivity index (χ1v) is 9.77. The van der Waals surface area contributed by atoms with E-state index in [4.69, 9.17) is 9.47 Å². The standard InChI is InChI=1S/C20H31FN4O2.HI/c1-22-20(23-7-12-27-15-16-3-4-16)25-10-8-24(9-11-25)14-17-5-6-19(26-2)18(21)13-17;/h5-6,13,16H,3-4,7-12,14-15H2,1-2H3,(H,22,23);1H. The summed E-state index contributed by atoms with van der Waals surface area (Å²) in [6.07, 6.45) is 2.64. The third-order valence-corrected chi connectivity index (χ3v) is 5.09. The minimum Gasteiger partial charge on any atom is -0.494 e. The molecule has 0 aromatic heterocycles. The molecule has 1 saturated carbocycles. The van der Waals surface area contributed by atoms with Crippen LogP contribution in [-0.2, 0) is 11.3 Å². The number of methoxy groups -OCH3 is 1. The van der Waals surface area contributed by atoms with Crippen molar-refractivity contribution >= 4 is 29.9 Å². The molecule has 2 aliphatic rings. The number of rotatable bonds is 8. The summed E-state index contributed by atoms with van der Waals surface area (Å²) in [6.45, 7) is 6.80. The van der Waals surface area contributed by atoms with Gasteiger partial charge in [-0.25, -0.2) is 4.39 Å². The van der Waals surface area contributed by atoms with Crippen molar-refractivity contribution in [3.63, 3.8) is 0 Å². The van der Waals surface area contributed by atoms with Gasteiger partial charge in [-0.2, -0.15) is 0 Å². The maximum Gasteiger partial charge on any atom is 0.193 e. The summed E-state index contributed by atoms with van der Waals surface area (Å²) in [5.74, 6) is 1.72. The largest absolute Gasteiger partial charge is 0.494 e. The molecule has 0 spiro atoms. The predicted molar refractivity (Wildman–Crippen MR) is 120 cm³/mol. The van der Waals surface area contributed by atoms with Crippen molar-refractivity contribution in [1.29, 1.82) is 0 Å². The summed E-state index contributed by atoms with van der Waals surface area (Å²) in [7, 11) is 3.30. The average Bonchev–Trinajstić information content (AvgIpc) is 3.50. The number of nitrogens with zero attached hydrogens (tertiary/aromatic N) is 3. The second-order valence-electron chi connectivity index (χ2n) is 7.22. The lowest BCUT2D eigenvalue weighted by molar-refractivity contribution is 0.127. The van der Waals surface area contributed by atoms with E-state index in [0.29, 0.717) is 5.75 Å². The molecule has 0 bridgehead atoms. The van der Waals surface area contributed by atoms with Gasteiger partial charge >= 0.3 is 0 Å². The maximum atomic E-state index is 13.9. The highest BCUT2D eigenvalue weighted by Crippen LogP contribution is 2.28. The number of hydrogen-bond donors (Lipinski definition) is 1. The number of hydrogen-bond acceptors (Lipinski definition) is 4. The Hall–Kier alpha value is -1.13. The molecule has 1 aromatic carbocycles. The van der Waals surface area contributed by atoms with Crippen LogP contribution in [0.4, 0.5) is 4.39 Å². The summed E-state index contributed by atoms with van der Waals surface area (Å²) >= 11 is 0. The first-order chi connectivity index (χ1) is 13.2. The van der Waals surface area contributed by atoms with Crippen molar-refractivity contribution in [3.8, 4) is 5.75 Å². The van der Waals surface area contributed by atoms with Crippen molar-refractivity contribution in [2.45, 2.75) is 19.4 Å². The lowest BCUT2D eigenvalue weighted by Gasteiger charge is -2.36. The zero-order valence-electron chi connectivity index (χ0n) is 16.8. The Morgan fingerprint density at radius 3 is 2.61 bits per heavy atom. The lowest BCUT2D eigenvalue weighted by Crippen LogP contribution is -2.52. The molecular weight excluding hydrogens is 474 g/mol. The number of halogens is 2. The minimum atomic E-state index is -0.304. The predicted octanol–water partition coefficient (Wildman–Crippen LogP) is 2.57. The van der Waals surface area contributed by atoms with Crippen molar-refractivity contribution in [3.05, 3.63) is 29.6 Å². The van der Waals surface area contributed by atoms with E-state index in [9.17, 15) is 4.39 Å². The Kier molecular flexibility index (Phi) is 9.73. The third kappa shape index (κ3) is 7.04. The van der Waals surface area contributed by atoms with Crippen LogP contribution in [0.2, 0.25) is 0 Å². The summed E-state index contributed by atoms with van der Waals surface area (Å²) < 4.78 is 24.5. The molecule has 2 fully saturated rings. The number of piperazine rings is 1. The highest BCUT2D eigenvalue weighted by molar-refractivity contribution is 14.0. The molecule has 1 aliphatic carbocycles. The minimum absolute atomic E-state index is 0. The lowest BCUT2D eigenvalue weighted by atomic mass is 10.2. The van der Waals surface area contributed by atoms with E-state index in [1.54, 1.807) is 12.1 Å². The van der Waals surface area contributed by atoms with Gasteiger partial charge in [-0.3, -0.25) is 9.89 Å². The van der Waals surface area contributed by atoms with E-state index in [0.717, 1.165) is 69.9 Å². The smallest absolute Gasteiger partial charge is 0.193 e. The summed E-state index contributed by atoms with van der Waals surface area (Å²) in [6, 6.07) is 5.18. The van der Waals surface area contributed by atoms with E-state index >= 15 is 0 Å². The molecule has 158 valence electrons. The average molecular weight is 506 g/mol. The van der Waals surface area contributed by atoms with Crippen molar-refractivity contribution < 1.29 is 13.9 Å². The number of ether oxygens (including phenoxy) is 2. The van der Waals surface area contributed by atoms with Crippen LogP contribution in [0, 0.1) is 11.7 Å². The van der Waals surface area contributed by atoms with Crippen LogP contribution in [0.15, 0.2) is 23.2 Å². The molecule has 28 heavy (non-hydrogen) atoms. The van der Waals surface area contributed by atoms with Gasteiger partial charge in [0.2, 0.25) is 0 Å². The van der Waals surface area contributed by atoms with Crippen LogP contribution < -0.4 is 10.1 Å². The van der Waals surface area contributed by atoms with Crippen LogP contribution >= 0.6 is 24.0 Å². The van der Waals surface area contributed by atoms with Crippen molar-refractivity contribution in [2.24, 2.45) is 10.9 Å². The molecule has 1 saturated heterocycles. The highest BCUT2D eigenvalue weighted by Gasteiger charge is 2.22. The zero-order valence-corrected chi connectivity index (χ0v) is 19.2. The monoisotopic (exact) mass is 506 g/mol. The number of aliphatic imine (C=N–C) groups is 1. The van der Waals surface area contributed by atoms with Gasteiger partial charge in [0.05, 0.1) is 13.7 Å². The van der Waals surface area contributed by atoms with Crippen molar-refractivity contribution in [1.82, 2.24) is 15.1 Å². The molecule has 6 nitrogen and oxygen atoms in total. The van der Waals surface area contributed by atoms with E-state index < -0.39 is 0 Å². The molecule has 1 N–H and O–H groups in total. The Morgan fingerprint density at radius 1 is 1.25 bits per heavy atom. The zero-order chi connectivity index (χ0) is 19.1. The van der Waals surface area contributed by atoms with Crippen LogP contribution in [0.5, 0.6) is 5.75 Å². The van der Waals surface area contributed by atoms with Gasteiger partial charge in [0.1, 0.15) is 0 Å². The maximum absolute atomic E-state index is 13.9. The number of nitrogens with one attached hydrogen (secondary N) is 1. The van der Waals surface area contributed by atoms with Crippen LogP contribution in [0.25, 0.3) is 0 Å². The Bertz CT molecular complexity index is 635. The van der Waals surface area contributed by atoms with Gasteiger partial charge < -0.3 is 19.7 Å². The molecule has 0 radical (unpaired) electrons. The van der Waals surface area contributed by atoms with Crippen molar-refractivity contribution in [2.75, 3.05) is 60.1 Å². The van der Waals surface area contributed by atoms with E-state index in [1.807, 2.05) is 13.1 Å². The second kappa shape index (κ2) is 11.8. The van der Waals surface area contributed by atoms with E-state index in [2.05, 4.69) is 20.1 Å². The summed E-state index contributed by atoms with van der Waals surface area (Å²) in [4.78, 5) is 9.00. The van der Waals surface area contributed by atoms with Gasteiger partial charge in [-0.15, -0.1) is 24.0 Å². The molecule has 1 heterocycles. The summed E-state index contributed by atoms with van der Waals surface area (Å²) in [5, 5.41) is 3.39. The van der Waals surface area contributed by atoms with Gasteiger partial charge in [0.25, 0.3) is 0 Å². The van der Waals surface area contributed by atoms with Crippen LogP contribution in [0.1, 0.15) is 18.4 Å². The summed E-state index contributed by atoms with van der Waals surface area (Å²) in [5.41, 5.74) is 0.970. The SMILES string of the molecule is CN=C(NCCOCC1CC1)N1CCN(Cc2ccc(OC)c(F)c2)CC1.I. The van der Waals surface area contributed by atoms with Gasteiger partial charge in [-0.05, 0) is 36.5 Å². The van der Waals surface area contributed by atoms with E-state index in [-0.39, 0.29) is 29.8 Å². The molecule has 3 rings (SSSR count). The molecule has 1 aliphatic heterocycles. The quantitative estimate of drug-likeness (QED) is 0.254. The highest BCUT2D eigenvalue weighted by atomic mass is 127. The molecule has 1 aromatic rings. The Labute approximate surface area is 184 Å². The first kappa shape index (κ1) is 23.2. The normalized spacial score (nSPS) is 18.0. The van der Waals surface area contributed by atoms with Gasteiger partial charge in [-0.1, -0.05) is 6.07 Å². The van der Waals surface area contributed by atoms with Gasteiger partial charge in [0, 0.05) is 52.9 Å². The molecular formula is C20H32FIN4O2. The Morgan fingerprint density at radius 2 is 2.00 bits per heavy atom. The fourth-order valence-corrected chi connectivity index (χ4v) is 3.29. The van der Waals surface area contributed by atoms with Crippen LogP contribution in [0.3, 0.4) is 0 Å². The topological polar surface area (TPSA) is 49.3 Å². The van der Waals surface area contributed by atoms with Gasteiger partial charge in [0.15, 0.2) is 17.5 Å². The third-order valence-electron chi connectivity index (χ3n) is 5.09. The molecule has 8 heteroatoms. The fraction of sp³-hybridized carbons (Fsp3) is 0.650. The molecule has 0 unspecified atom stereocenters. The van der Waals surface area contributed by atoms with Crippen LogP contribution in [-0.4, -0.2) is 75.9 Å². The van der Waals surface area contributed by atoms with E-state index in [1.165, 1.54) is 20.0 Å². The Balaban J connectivity index is 0.00000280. The first-order valence-electron chi connectivity index (χ1n) is 9.77. The number of guanidine groups is 1. The number of benzene rings is 1.